The summed E-state index contributed by atoms with van der Waals surface area (Å²) in [6.45, 7) is 2.46. The molecule has 1 aromatic heterocycles. The molecule has 1 aliphatic rings. The van der Waals surface area contributed by atoms with Crippen LogP contribution >= 0.6 is 0 Å². The van der Waals surface area contributed by atoms with Gasteiger partial charge in [0, 0.05) is 37.1 Å². The van der Waals surface area contributed by atoms with Crippen LogP contribution in [-0.4, -0.2) is 72.4 Å². The van der Waals surface area contributed by atoms with Gasteiger partial charge in [-0.3, -0.25) is 14.5 Å². The fraction of sp³-hybridized carbons (Fsp3) is 0.261. The van der Waals surface area contributed by atoms with Gasteiger partial charge in [-0.2, -0.15) is 0 Å². The second kappa shape index (κ2) is 9.01. The summed E-state index contributed by atoms with van der Waals surface area (Å²) < 4.78 is 4.76. The van der Waals surface area contributed by atoms with Crippen molar-refractivity contribution in [1.29, 1.82) is 0 Å². The number of carbonyl (C=O) groups is 3. The van der Waals surface area contributed by atoms with Gasteiger partial charge in [0.15, 0.2) is 0 Å². The lowest BCUT2D eigenvalue weighted by molar-refractivity contribution is -0.117. The second-order valence-electron chi connectivity index (χ2n) is 7.42. The molecule has 1 aliphatic heterocycles. The third kappa shape index (κ3) is 4.59. The number of piperazine rings is 1. The Morgan fingerprint density at radius 1 is 1.00 bits per heavy atom. The molecule has 2 aromatic carbocycles. The Morgan fingerprint density at radius 2 is 1.71 bits per heavy atom. The molecule has 160 valence electrons. The molecule has 8 heteroatoms. The lowest BCUT2D eigenvalue weighted by Crippen LogP contribution is -2.50. The van der Waals surface area contributed by atoms with E-state index in [1.807, 2.05) is 35.2 Å². The Balaban J connectivity index is 1.31. The van der Waals surface area contributed by atoms with Crippen LogP contribution in [0.15, 0.2) is 54.6 Å². The summed E-state index contributed by atoms with van der Waals surface area (Å²) in [5.74, 6) is -0.751. The number of H-pyrrole nitrogens is 1. The zero-order valence-electron chi connectivity index (χ0n) is 17.3. The van der Waals surface area contributed by atoms with E-state index in [0.29, 0.717) is 43.1 Å². The number of anilines is 1. The normalized spacial score (nSPS) is 14.4. The first-order chi connectivity index (χ1) is 15.0. The molecule has 0 spiro atoms. The van der Waals surface area contributed by atoms with E-state index in [1.165, 1.54) is 7.11 Å². The number of ether oxygens (including phenoxy) is 1. The fourth-order valence-corrected chi connectivity index (χ4v) is 3.74. The lowest BCUT2D eigenvalue weighted by Gasteiger charge is -2.34. The maximum atomic E-state index is 12.8. The van der Waals surface area contributed by atoms with E-state index in [4.69, 9.17) is 4.74 Å². The summed E-state index contributed by atoms with van der Waals surface area (Å²) in [5.41, 5.74) is 2.25. The summed E-state index contributed by atoms with van der Waals surface area (Å²) >= 11 is 0. The maximum Gasteiger partial charge on any atom is 0.339 e. The summed E-state index contributed by atoms with van der Waals surface area (Å²) in [4.78, 5) is 44.1. The molecule has 2 N–H and O–H groups in total. The van der Waals surface area contributed by atoms with Crippen LogP contribution in [-0.2, 0) is 9.53 Å². The van der Waals surface area contributed by atoms with Gasteiger partial charge in [0.25, 0.3) is 5.91 Å². The number of para-hydroxylation sites is 2. The Bertz CT molecular complexity index is 1080. The Hall–Kier alpha value is -3.65. The van der Waals surface area contributed by atoms with Crippen LogP contribution in [0.3, 0.4) is 0 Å². The number of aromatic nitrogens is 1. The number of amides is 2. The summed E-state index contributed by atoms with van der Waals surface area (Å²) in [6.07, 6.45) is 0. The van der Waals surface area contributed by atoms with Gasteiger partial charge in [-0.1, -0.05) is 30.3 Å². The number of benzene rings is 2. The lowest BCUT2D eigenvalue weighted by atomic mass is 10.2. The zero-order valence-corrected chi connectivity index (χ0v) is 17.3. The van der Waals surface area contributed by atoms with Crippen molar-refractivity contribution in [2.45, 2.75) is 0 Å². The molecule has 0 radical (unpaired) electrons. The van der Waals surface area contributed by atoms with E-state index in [2.05, 4.69) is 10.3 Å². The quantitative estimate of drug-likeness (QED) is 0.618. The van der Waals surface area contributed by atoms with Crippen molar-refractivity contribution in [2.75, 3.05) is 45.2 Å². The van der Waals surface area contributed by atoms with Crippen LogP contribution in [0.4, 0.5) is 5.69 Å². The van der Waals surface area contributed by atoms with Gasteiger partial charge in [0.1, 0.15) is 5.69 Å². The molecule has 1 saturated heterocycles. The Labute approximate surface area is 179 Å². The van der Waals surface area contributed by atoms with Gasteiger partial charge in [-0.15, -0.1) is 0 Å². The molecular weight excluding hydrogens is 396 g/mol. The van der Waals surface area contributed by atoms with Crippen molar-refractivity contribution in [1.82, 2.24) is 14.8 Å². The first kappa shape index (κ1) is 20.6. The van der Waals surface area contributed by atoms with Gasteiger partial charge in [0.2, 0.25) is 5.91 Å². The topological polar surface area (TPSA) is 94.7 Å². The molecule has 2 heterocycles. The van der Waals surface area contributed by atoms with Crippen LogP contribution < -0.4 is 5.32 Å². The minimum absolute atomic E-state index is 0.0349. The van der Waals surface area contributed by atoms with Crippen molar-refractivity contribution in [3.63, 3.8) is 0 Å². The molecular formula is C23H24N4O4. The third-order valence-corrected chi connectivity index (χ3v) is 5.39. The zero-order chi connectivity index (χ0) is 21.8. The van der Waals surface area contributed by atoms with Crippen molar-refractivity contribution < 1.29 is 19.1 Å². The smallest absolute Gasteiger partial charge is 0.339 e. The molecule has 3 aromatic rings. The first-order valence-electron chi connectivity index (χ1n) is 10.1. The van der Waals surface area contributed by atoms with Crippen LogP contribution in [0.2, 0.25) is 0 Å². The van der Waals surface area contributed by atoms with Crippen LogP contribution in [0, 0.1) is 0 Å². The molecule has 0 bridgehead atoms. The van der Waals surface area contributed by atoms with Crippen LogP contribution in [0.25, 0.3) is 10.9 Å². The van der Waals surface area contributed by atoms with Gasteiger partial charge >= 0.3 is 5.97 Å². The highest BCUT2D eigenvalue weighted by atomic mass is 16.5. The van der Waals surface area contributed by atoms with Gasteiger partial charge in [-0.05, 0) is 24.3 Å². The number of esters is 1. The highest BCUT2D eigenvalue weighted by Crippen LogP contribution is 2.18. The number of fused-ring (bicyclic) bond motifs is 1. The van der Waals surface area contributed by atoms with Crippen molar-refractivity contribution in [2.24, 2.45) is 0 Å². The summed E-state index contributed by atoms with van der Waals surface area (Å²) in [6, 6.07) is 16.4. The van der Waals surface area contributed by atoms with E-state index in [9.17, 15) is 14.4 Å². The number of nitrogens with one attached hydrogen (secondary N) is 2. The maximum absolute atomic E-state index is 12.8. The molecule has 2 amide bonds. The van der Waals surface area contributed by atoms with E-state index in [0.717, 1.165) is 10.9 Å². The molecule has 4 rings (SSSR count). The molecule has 1 fully saturated rings. The van der Waals surface area contributed by atoms with Crippen LogP contribution in [0.1, 0.15) is 20.8 Å². The fourth-order valence-electron chi connectivity index (χ4n) is 3.74. The number of hydrogen-bond donors (Lipinski definition) is 2. The molecule has 31 heavy (non-hydrogen) atoms. The number of carbonyl (C=O) groups excluding carboxylic acids is 3. The standard InChI is InChI=1S/C23H24N4O4/c1-31-23(30)17-7-3-5-9-19(17)25-21(28)15-26-10-12-27(13-11-26)22(29)20-14-16-6-2-4-8-18(16)24-20/h2-9,14,24H,10-13,15H2,1H3,(H,25,28). The number of rotatable bonds is 5. The monoisotopic (exact) mass is 420 g/mol. The van der Waals surface area contributed by atoms with Crippen molar-refractivity contribution in [3.05, 3.63) is 65.9 Å². The highest BCUT2D eigenvalue weighted by Gasteiger charge is 2.24. The van der Waals surface area contributed by atoms with E-state index in [1.54, 1.807) is 29.2 Å². The van der Waals surface area contributed by atoms with Gasteiger partial charge < -0.3 is 19.9 Å². The van der Waals surface area contributed by atoms with Gasteiger partial charge in [0.05, 0.1) is 24.9 Å². The first-order valence-corrected chi connectivity index (χ1v) is 10.1. The number of methoxy groups -OCH3 is 1. The minimum atomic E-state index is -0.500. The number of aromatic amines is 1. The van der Waals surface area contributed by atoms with E-state index >= 15 is 0 Å². The van der Waals surface area contributed by atoms with Crippen LogP contribution in [0.5, 0.6) is 0 Å². The van der Waals surface area contributed by atoms with Crippen molar-refractivity contribution >= 4 is 34.4 Å². The number of hydrogen-bond acceptors (Lipinski definition) is 5. The van der Waals surface area contributed by atoms with E-state index in [-0.39, 0.29) is 18.4 Å². The van der Waals surface area contributed by atoms with Crippen molar-refractivity contribution in [3.8, 4) is 0 Å². The predicted octanol–water partition coefficient (Wildman–Crippen LogP) is 2.35. The largest absolute Gasteiger partial charge is 0.465 e. The second-order valence-corrected chi connectivity index (χ2v) is 7.42. The molecule has 8 nitrogen and oxygen atoms in total. The minimum Gasteiger partial charge on any atom is -0.465 e. The van der Waals surface area contributed by atoms with Gasteiger partial charge in [-0.25, -0.2) is 4.79 Å². The molecule has 0 aliphatic carbocycles. The SMILES string of the molecule is COC(=O)c1ccccc1NC(=O)CN1CCN(C(=O)c2cc3ccccc3[nH]2)CC1. The highest BCUT2D eigenvalue weighted by molar-refractivity contribution is 6.02. The van der Waals surface area contributed by atoms with E-state index < -0.39 is 5.97 Å². The number of nitrogens with zero attached hydrogens (tertiary/aromatic N) is 2. The molecule has 0 atom stereocenters. The predicted molar refractivity (Wildman–Crippen MR) is 117 cm³/mol. The summed E-state index contributed by atoms with van der Waals surface area (Å²) in [7, 11) is 1.30. The third-order valence-electron chi connectivity index (χ3n) is 5.39. The molecule has 0 unspecified atom stereocenters. The Kier molecular flexibility index (Phi) is 5.99. The molecule has 0 saturated carbocycles. The Morgan fingerprint density at radius 3 is 2.45 bits per heavy atom. The average molecular weight is 420 g/mol. The summed E-state index contributed by atoms with van der Waals surface area (Å²) in [5, 5.41) is 3.79. The average Bonchev–Trinajstić information content (AvgIpc) is 3.23.